The SMILES string of the molecule is O=c1c(Cl)c(NCc2ccccc2)cnn1CC(F)(F)F. The molecule has 0 aliphatic rings. The van der Waals surface area contributed by atoms with Crippen molar-refractivity contribution in [1.82, 2.24) is 9.78 Å². The van der Waals surface area contributed by atoms with E-state index in [1.807, 2.05) is 30.3 Å². The molecule has 0 spiro atoms. The summed E-state index contributed by atoms with van der Waals surface area (Å²) in [4.78, 5) is 11.7. The Morgan fingerprint density at radius 2 is 1.90 bits per heavy atom. The predicted molar refractivity (Wildman–Crippen MR) is 73.3 cm³/mol. The standard InChI is InChI=1S/C13H11ClF3N3O/c14-11-10(18-6-9-4-2-1-3-5-9)7-19-20(12(11)21)8-13(15,16)17/h1-5,7,18H,6,8H2. The molecule has 2 rings (SSSR count). The second-order valence-electron chi connectivity index (χ2n) is 4.29. The number of benzene rings is 1. The summed E-state index contributed by atoms with van der Waals surface area (Å²) >= 11 is 5.79. The third kappa shape index (κ3) is 4.22. The first kappa shape index (κ1) is 15.4. The lowest BCUT2D eigenvalue weighted by Crippen LogP contribution is -2.30. The molecular formula is C13H11ClF3N3O. The van der Waals surface area contributed by atoms with Gasteiger partial charge in [-0.3, -0.25) is 4.79 Å². The van der Waals surface area contributed by atoms with E-state index in [1.165, 1.54) is 0 Å². The van der Waals surface area contributed by atoms with Crippen LogP contribution in [0, 0.1) is 0 Å². The molecule has 1 aromatic heterocycles. The van der Waals surface area contributed by atoms with Crippen molar-refractivity contribution >= 4 is 17.3 Å². The third-order valence-electron chi connectivity index (χ3n) is 2.64. The number of alkyl halides is 3. The highest BCUT2D eigenvalue weighted by Crippen LogP contribution is 2.19. The molecule has 0 unspecified atom stereocenters. The van der Waals surface area contributed by atoms with Crippen LogP contribution >= 0.6 is 11.6 Å². The van der Waals surface area contributed by atoms with Gasteiger partial charge in [0.1, 0.15) is 11.6 Å². The van der Waals surface area contributed by atoms with Crippen molar-refractivity contribution < 1.29 is 13.2 Å². The molecule has 1 N–H and O–H groups in total. The van der Waals surface area contributed by atoms with E-state index in [-0.39, 0.29) is 15.4 Å². The van der Waals surface area contributed by atoms with E-state index >= 15 is 0 Å². The molecule has 2 aromatic rings. The molecule has 0 atom stereocenters. The molecule has 0 saturated carbocycles. The van der Waals surface area contributed by atoms with E-state index in [2.05, 4.69) is 10.4 Å². The molecule has 1 aromatic carbocycles. The Bertz CT molecular complexity index is 671. The van der Waals surface area contributed by atoms with Crippen LogP contribution in [0.25, 0.3) is 0 Å². The largest absolute Gasteiger partial charge is 0.408 e. The zero-order valence-corrected chi connectivity index (χ0v) is 11.4. The van der Waals surface area contributed by atoms with Crippen LogP contribution in [0.1, 0.15) is 5.56 Å². The zero-order chi connectivity index (χ0) is 15.5. The van der Waals surface area contributed by atoms with Gasteiger partial charge in [0.15, 0.2) is 0 Å². The summed E-state index contributed by atoms with van der Waals surface area (Å²) in [5, 5.41) is 6.03. The predicted octanol–water partition coefficient (Wildman–Crippen LogP) is 3.07. The van der Waals surface area contributed by atoms with Crippen LogP contribution in [0.3, 0.4) is 0 Å². The second kappa shape index (κ2) is 6.17. The van der Waals surface area contributed by atoms with Crippen molar-refractivity contribution in [3.63, 3.8) is 0 Å². The zero-order valence-electron chi connectivity index (χ0n) is 10.7. The van der Waals surface area contributed by atoms with Gasteiger partial charge in [-0.15, -0.1) is 0 Å². The maximum Gasteiger partial charge on any atom is 0.408 e. The summed E-state index contributed by atoms with van der Waals surface area (Å²) in [6, 6.07) is 9.27. The monoisotopic (exact) mass is 317 g/mol. The van der Waals surface area contributed by atoms with Gasteiger partial charge in [0, 0.05) is 6.54 Å². The van der Waals surface area contributed by atoms with Gasteiger partial charge in [-0.2, -0.15) is 18.3 Å². The van der Waals surface area contributed by atoms with Crippen molar-refractivity contribution in [2.75, 3.05) is 5.32 Å². The number of nitrogens with zero attached hydrogens (tertiary/aromatic N) is 2. The maximum atomic E-state index is 12.3. The molecule has 0 fully saturated rings. The summed E-state index contributed by atoms with van der Waals surface area (Å²) in [7, 11) is 0. The Kier molecular flexibility index (Phi) is 4.52. The Morgan fingerprint density at radius 1 is 1.24 bits per heavy atom. The van der Waals surface area contributed by atoms with Crippen LogP contribution in [-0.2, 0) is 13.1 Å². The van der Waals surface area contributed by atoms with Gasteiger partial charge < -0.3 is 5.32 Å². The van der Waals surface area contributed by atoms with E-state index in [4.69, 9.17) is 11.6 Å². The minimum atomic E-state index is -4.53. The average molecular weight is 318 g/mol. The molecule has 4 nitrogen and oxygen atoms in total. The quantitative estimate of drug-likeness (QED) is 0.942. The van der Waals surface area contributed by atoms with Crippen molar-refractivity contribution in [2.24, 2.45) is 0 Å². The molecule has 0 aliphatic heterocycles. The van der Waals surface area contributed by atoms with Crippen LogP contribution in [0.2, 0.25) is 5.02 Å². The first-order valence-electron chi connectivity index (χ1n) is 5.97. The number of hydrogen-bond acceptors (Lipinski definition) is 3. The van der Waals surface area contributed by atoms with E-state index in [0.29, 0.717) is 6.54 Å². The number of nitrogens with one attached hydrogen (secondary N) is 1. The van der Waals surface area contributed by atoms with E-state index in [0.717, 1.165) is 11.8 Å². The van der Waals surface area contributed by atoms with E-state index in [1.54, 1.807) is 0 Å². The minimum absolute atomic E-state index is 0.198. The fourth-order valence-electron chi connectivity index (χ4n) is 1.66. The first-order valence-corrected chi connectivity index (χ1v) is 6.35. The highest BCUT2D eigenvalue weighted by molar-refractivity contribution is 6.32. The summed E-state index contributed by atoms with van der Waals surface area (Å²) in [6.45, 7) is -1.09. The number of rotatable bonds is 4. The Hall–Kier alpha value is -2.02. The molecule has 112 valence electrons. The number of anilines is 1. The lowest BCUT2D eigenvalue weighted by atomic mass is 10.2. The molecule has 0 amide bonds. The lowest BCUT2D eigenvalue weighted by molar-refractivity contribution is -0.143. The third-order valence-corrected chi connectivity index (χ3v) is 3.00. The van der Waals surface area contributed by atoms with Crippen LogP contribution in [0.5, 0.6) is 0 Å². The fraction of sp³-hybridized carbons (Fsp3) is 0.231. The van der Waals surface area contributed by atoms with Gasteiger partial charge in [-0.05, 0) is 5.56 Å². The van der Waals surface area contributed by atoms with Gasteiger partial charge in [0.25, 0.3) is 5.56 Å². The molecule has 21 heavy (non-hydrogen) atoms. The van der Waals surface area contributed by atoms with Gasteiger partial charge >= 0.3 is 6.18 Å². The first-order chi connectivity index (χ1) is 9.87. The highest BCUT2D eigenvalue weighted by Gasteiger charge is 2.29. The summed E-state index contributed by atoms with van der Waals surface area (Å²) in [5.74, 6) is 0. The molecule has 0 aliphatic carbocycles. The molecule has 0 bridgehead atoms. The summed E-state index contributed by atoms with van der Waals surface area (Å²) in [6.07, 6.45) is -3.42. The van der Waals surface area contributed by atoms with E-state index < -0.39 is 18.3 Å². The van der Waals surface area contributed by atoms with Crippen LogP contribution < -0.4 is 10.9 Å². The number of hydrogen-bond donors (Lipinski definition) is 1. The topological polar surface area (TPSA) is 46.9 Å². The smallest absolute Gasteiger partial charge is 0.378 e. The Balaban J connectivity index is 2.15. The Morgan fingerprint density at radius 3 is 2.52 bits per heavy atom. The highest BCUT2D eigenvalue weighted by atomic mass is 35.5. The van der Waals surface area contributed by atoms with Crippen molar-refractivity contribution in [1.29, 1.82) is 0 Å². The summed E-state index contributed by atoms with van der Waals surface area (Å²) < 4.78 is 37.1. The van der Waals surface area contributed by atoms with E-state index in [9.17, 15) is 18.0 Å². The van der Waals surface area contributed by atoms with Gasteiger partial charge in [-0.25, -0.2) is 4.68 Å². The average Bonchev–Trinajstić information content (AvgIpc) is 2.43. The molecule has 0 radical (unpaired) electrons. The molecule has 8 heteroatoms. The fourth-order valence-corrected chi connectivity index (χ4v) is 1.88. The maximum absolute atomic E-state index is 12.3. The van der Waals surface area contributed by atoms with Crippen molar-refractivity contribution in [3.8, 4) is 0 Å². The van der Waals surface area contributed by atoms with Crippen LogP contribution in [0.15, 0.2) is 41.3 Å². The van der Waals surface area contributed by atoms with Crippen molar-refractivity contribution in [2.45, 2.75) is 19.3 Å². The summed E-state index contributed by atoms with van der Waals surface area (Å²) in [5.41, 5.74) is 0.157. The van der Waals surface area contributed by atoms with Crippen LogP contribution in [-0.4, -0.2) is 16.0 Å². The molecule has 0 saturated heterocycles. The Labute approximate surface area is 123 Å². The van der Waals surface area contributed by atoms with Crippen LogP contribution in [0.4, 0.5) is 18.9 Å². The number of aromatic nitrogens is 2. The van der Waals surface area contributed by atoms with Crippen molar-refractivity contribution in [3.05, 3.63) is 57.5 Å². The number of halogens is 4. The second-order valence-corrected chi connectivity index (χ2v) is 4.67. The molecule has 1 heterocycles. The minimum Gasteiger partial charge on any atom is -0.378 e. The van der Waals surface area contributed by atoms with Gasteiger partial charge in [0.05, 0.1) is 11.9 Å². The molecular weight excluding hydrogens is 307 g/mol. The van der Waals surface area contributed by atoms with Gasteiger partial charge in [-0.1, -0.05) is 41.9 Å². The lowest BCUT2D eigenvalue weighted by Gasteiger charge is -2.11. The normalized spacial score (nSPS) is 11.4. The van der Waals surface area contributed by atoms with Gasteiger partial charge in [0.2, 0.25) is 0 Å².